The third kappa shape index (κ3) is 4.14. The highest BCUT2D eigenvalue weighted by Crippen LogP contribution is 2.32. The van der Waals surface area contributed by atoms with Crippen molar-refractivity contribution in [1.29, 1.82) is 0 Å². The van der Waals surface area contributed by atoms with Gasteiger partial charge in [0.25, 0.3) is 0 Å². The first-order valence-electron chi connectivity index (χ1n) is 9.01. The molecule has 0 atom stereocenters. The van der Waals surface area contributed by atoms with Gasteiger partial charge in [-0.05, 0) is 54.5 Å². The van der Waals surface area contributed by atoms with Gasteiger partial charge in [0.05, 0.1) is 0 Å². The fraction of sp³-hybridized carbons (Fsp3) is 0.350. The van der Waals surface area contributed by atoms with Gasteiger partial charge in [-0.2, -0.15) is 0 Å². The Morgan fingerprint density at radius 1 is 1.07 bits per heavy atom. The van der Waals surface area contributed by atoms with E-state index in [-0.39, 0.29) is 5.82 Å². The van der Waals surface area contributed by atoms with Gasteiger partial charge in [-0.15, -0.1) is 0 Å². The van der Waals surface area contributed by atoms with Gasteiger partial charge in [-0.25, -0.2) is 4.39 Å². The van der Waals surface area contributed by atoms with E-state index in [0.717, 1.165) is 44.2 Å². The second kappa shape index (κ2) is 7.70. The summed E-state index contributed by atoms with van der Waals surface area (Å²) < 4.78 is 24.5. The summed E-state index contributed by atoms with van der Waals surface area (Å²) >= 11 is 5.50. The molecule has 0 unspecified atom stereocenters. The Bertz CT molecular complexity index is 853. The van der Waals surface area contributed by atoms with Gasteiger partial charge >= 0.3 is 0 Å². The summed E-state index contributed by atoms with van der Waals surface area (Å²) in [6.07, 6.45) is 0. The predicted octanol–water partition coefficient (Wildman–Crippen LogP) is 3.38. The molecule has 5 nitrogen and oxygen atoms in total. The molecule has 0 aliphatic carbocycles. The van der Waals surface area contributed by atoms with Crippen LogP contribution in [0.2, 0.25) is 0 Å². The number of halogens is 1. The molecular formula is C20H22FN3O2S. The Morgan fingerprint density at radius 3 is 2.63 bits per heavy atom. The van der Waals surface area contributed by atoms with E-state index in [2.05, 4.69) is 21.2 Å². The number of rotatable bonds is 3. The minimum absolute atomic E-state index is 0.226. The fourth-order valence-electron chi connectivity index (χ4n) is 3.28. The van der Waals surface area contributed by atoms with Crippen LogP contribution in [0.25, 0.3) is 0 Å². The molecule has 0 spiro atoms. The molecule has 0 amide bonds. The molecule has 142 valence electrons. The topological polar surface area (TPSA) is 37.0 Å². The highest BCUT2D eigenvalue weighted by molar-refractivity contribution is 7.80. The second-order valence-electron chi connectivity index (χ2n) is 6.84. The number of piperazine rings is 1. The van der Waals surface area contributed by atoms with Crippen molar-refractivity contribution in [2.75, 3.05) is 38.3 Å². The summed E-state index contributed by atoms with van der Waals surface area (Å²) in [6.45, 7) is 6.42. The molecule has 1 saturated heterocycles. The molecule has 1 N–H and O–H groups in total. The third-order valence-corrected chi connectivity index (χ3v) is 5.29. The molecule has 27 heavy (non-hydrogen) atoms. The van der Waals surface area contributed by atoms with Gasteiger partial charge < -0.3 is 19.7 Å². The second-order valence-corrected chi connectivity index (χ2v) is 7.23. The van der Waals surface area contributed by atoms with Crippen molar-refractivity contribution in [2.45, 2.75) is 13.5 Å². The number of fused-ring (bicyclic) bond motifs is 1. The van der Waals surface area contributed by atoms with Crippen LogP contribution in [0, 0.1) is 12.7 Å². The maximum absolute atomic E-state index is 13.7. The summed E-state index contributed by atoms with van der Waals surface area (Å²) in [5.74, 6) is 1.41. The number of ether oxygens (including phenoxy) is 2. The van der Waals surface area contributed by atoms with Crippen LogP contribution in [0.3, 0.4) is 0 Å². The van der Waals surface area contributed by atoms with E-state index in [0.29, 0.717) is 23.2 Å². The van der Waals surface area contributed by atoms with E-state index in [1.807, 2.05) is 18.2 Å². The number of aryl methyl sites for hydroxylation is 1. The summed E-state index contributed by atoms with van der Waals surface area (Å²) in [6, 6.07) is 11.2. The zero-order valence-corrected chi connectivity index (χ0v) is 16.0. The number of hydrogen-bond acceptors (Lipinski definition) is 4. The molecule has 2 heterocycles. The van der Waals surface area contributed by atoms with E-state index < -0.39 is 0 Å². The summed E-state index contributed by atoms with van der Waals surface area (Å²) in [5, 5.41) is 3.78. The first-order chi connectivity index (χ1) is 13.1. The average Bonchev–Trinajstić information content (AvgIpc) is 3.13. The Labute approximate surface area is 163 Å². The van der Waals surface area contributed by atoms with Crippen molar-refractivity contribution in [3.05, 3.63) is 53.3 Å². The van der Waals surface area contributed by atoms with Crippen molar-refractivity contribution in [2.24, 2.45) is 0 Å². The first-order valence-corrected chi connectivity index (χ1v) is 9.42. The molecular weight excluding hydrogens is 365 g/mol. The molecule has 0 bridgehead atoms. The molecule has 0 aromatic heterocycles. The molecule has 2 aliphatic heterocycles. The predicted molar refractivity (Wildman–Crippen MR) is 107 cm³/mol. The number of nitrogens with zero attached hydrogens (tertiary/aromatic N) is 2. The molecule has 7 heteroatoms. The van der Waals surface area contributed by atoms with Crippen LogP contribution in [0.1, 0.15) is 11.1 Å². The third-order valence-electron chi connectivity index (χ3n) is 4.93. The number of hydrogen-bond donors (Lipinski definition) is 1. The standard InChI is InChI=1S/C20H22FN3O2S/c1-14-2-4-16(11-17(14)21)22-20(27)24-8-6-23(7-9-24)12-15-3-5-18-19(10-15)26-13-25-18/h2-5,10-11H,6-9,12-13H2,1H3,(H,22,27). The monoisotopic (exact) mass is 387 g/mol. The van der Waals surface area contributed by atoms with Crippen molar-refractivity contribution < 1.29 is 13.9 Å². The Kier molecular flexibility index (Phi) is 5.13. The van der Waals surface area contributed by atoms with Crippen LogP contribution >= 0.6 is 12.2 Å². The lowest BCUT2D eigenvalue weighted by Gasteiger charge is -2.36. The largest absolute Gasteiger partial charge is 0.454 e. The molecule has 4 rings (SSSR count). The van der Waals surface area contributed by atoms with Gasteiger partial charge in [0.15, 0.2) is 16.6 Å². The van der Waals surface area contributed by atoms with Crippen LogP contribution in [-0.4, -0.2) is 47.9 Å². The number of anilines is 1. The summed E-state index contributed by atoms with van der Waals surface area (Å²) in [4.78, 5) is 4.52. The van der Waals surface area contributed by atoms with Gasteiger partial charge in [0.1, 0.15) is 5.82 Å². The van der Waals surface area contributed by atoms with Crippen LogP contribution in [0.15, 0.2) is 36.4 Å². The van der Waals surface area contributed by atoms with Crippen molar-refractivity contribution in [3.8, 4) is 11.5 Å². The lowest BCUT2D eigenvalue weighted by molar-refractivity contribution is 0.173. The minimum Gasteiger partial charge on any atom is -0.454 e. The van der Waals surface area contributed by atoms with Crippen molar-refractivity contribution in [3.63, 3.8) is 0 Å². The summed E-state index contributed by atoms with van der Waals surface area (Å²) in [5.41, 5.74) is 2.53. The van der Waals surface area contributed by atoms with E-state index in [1.54, 1.807) is 13.0 Å². The lowest BCUT2D eigenvalue weighted by atomic mass is 10.1. The Hall–Kier alpha value is -2.38. The molecule has 2 aromatic rings. The highest BCUT2D eigenvalue weighted by Gasteiger charge is 2.20. The zero-order chi connectivity index (χ0) is 18.8. The molecule has 1 fully saturated rings. The van der Waals surface area contributed by atoms with Crippen LogP contribution in [0.5, 0.6) is 11.5 Å². The zero-order valence-electron chi connectivity index (χ0n) is 15.2. The van der Waals surface area contributed by atoms with Crippen molar-refractivity contribution in [1.82, 2.24) is 9.80 Å². The Balaban J connectivity index is 1.29. The van der Waals surface area contributed by atoms with Crippen molar-refractivity contribution >= 4 is 23.0 Å². The number of nitrogens with one attached hydrogen (secondary N) is 1. The molecule has 0 saturated carbocycles. The highest BCUT2D eigenvalue weighted by atomic mass is 32.1. The van der Waals surface area contributed by atoms with E-state index >= 15 is 0 Å². The van der Waals surface area contributed by atoms with Gasteiger partial charge in [-0.1, -0.05) is 12.1 Å². The van der Waals surface area contributed by atoms with Gasteiger partial charge in [0.2, 0.25) is 6.79 Å². The SMILES string of the molecule is Cc1ccc(NC(=S)N2CCN(Cc3ccc4c(c3)OCO4)CC2)cc1F. The molecule has 2 aliphatic rings. The van der Waals surface area contributed by atoms with E-state index in [1.165, 1.54) is 11.6 Å². The lowest BCUT2D eigenvalue weighted by Crippen LogP contribution is -2.49. The average molecular weight is 387 g/mol. The fourth-order valence-corrected chi connectivity index (χ4v) is 3.58. The van der Waals surface area contributed by atoms with E-state index in [9.17, 15) is 4.39 Å². The summed E-state index contributed by atoms with van der Waals surface area (Å²) in [7, 11) is 0. The maximum Gasteiger partial charge on any atom is 0.231 e. The number of thiocarbonyl (C=S) groups is 1. The van der Waals surface area contributed by atoms with Gasteiger partial charge in [0, 0.05) is 38.4 Å². The molecule has 2 aromatic carbocycles. The normalized spacial score (nSPS) is 16.4. The smallest absolute Gasteiger partial charge is 0.231 e. The quantitative estimate of drug-likeness (QED) is 0.814. The Morgan fingerprint density at radius 2 is 1.85 bits per heavy atom. The maximum atomic E-state index is 13.7. The van der Waals surface area contributed by atoms with E-state index in [4.69, 9.17) is 21.7 Å². The first kappa shape index (κ1) is 18.0. The van der Waals surface area contributed by atoms with Gasteiger partial charge in [-0.3, -0.25) is 4.90 Å². The number of benzene rings is 2. The van der Waals surface area contributed by atoms with Crippen LogP contribution < -0.4 is 14.8 Å². The van der Waals surface area contributed by atoms with Crippen LogP contribution in [-0.2, 0) is 6.54 Å². The van der Waals surface area contributed by atoms with Crippen LogP contribution in [0.4, 0.5) is 10.1 Å². The molecule has 0 radical (unpaired) electrons. The minimum atomic E-state index is -0.226.